The van der Waals surface area contributed by atoms with E-state index < -0.39 is 16.0 Å². The Labute approximate surface area is 164 Å². The van der Waals surface area contributed by atoms with Crippen LogP contribution in [0.3, 0.4) is 0 Å². The lowest BCUT2D eigenvalue weighted by Gasteiger charge is -2.28. The normalized spacial score (nSPS) is 15.7. The number of rotatable bonds is 4. The van der Waals surface area contributed by atoms with Crippen molar-refractivity contribution < 1.29 is 22.7 Å². The lowest BCUT2D eigenvalue weighted by molar-refractivity contribution is 0.0600. The Balaban J connectivity index is 1.78. The molecule has 3 rings (SSSR count). The van der Waals surface area contributed by atoms with Crippen LogP contribution >= 0.6 is 0 Å². The van der Waals surface area contributed by atoms with Crippen LogP contribution in [-0.2, 0) is 14.8 Å². The average Bonchev–Trinajstić information content (AvgIpc) is 2.69. The summed E-state index contributed by atoms with van der Waals surface area (Å²) in [6.07, 6.45) is 1.49. The summed E-state index contributed by atoms with van der Waals surface area (Å²) in [6, 6.07) is 11.4. The number of sulfonamides is 1. The van der Waals surface area contributed by atoms with Crippen molar-refractivity contribution in [2.24, 2.45) is 0 Å². The maximum Gasteiger partial charge on any atom is 0.337 e. The monoisotopic (exact) mass is 402 g/mol. The number of nitrogens with one attached hydrogen (secondary N) is 1. The summed E-state index contributed by atoms with van der Waals surface area (Å²) in [5, 5.41) is 2.78. The minimum absolute atomic E-state index is 0.144. The fourth-order valence-corrected chi connectivity index (χ4v) is 4.69. The smallest absolute Gasteiger partial charge is 0.337 e. The molecule has 0 saturated carbocycles. The van der Waals surface area contributed by atoms with Gasteiger partial charge in [-0.05, 0) is 61.7 Å². The van der Waals surface area contributed by atoms with Crippen molar-refractivity contribution in [3.05, 3.63) is 59.2 Å². The van der Waals surface area contributed by atoms with Gasteiger partial charge in [0.1, 0.15) is 0 Å². The molecule has 0 atom stereocenters. The van der Waals surface area contributed by atoms with Crippen LogP contribution in [0.4, 0.5) is 11.4 Å². The molecule has 1 aliphatic rings. The first-order valence-corrected chi connectivity index (χ1v) is 10.5. The standard InChI is InChI=1S/C20H22N2O5S/c1-14-5-6-16(20(24)27-2)13-18(14)21-19(23)15-7-9-17(10-8-15)22-11-3-4-12-28(22,25)26/h5-10,13H,3-4,11-12H2,1-2H3,(H,21,23). The Morgan fingerprint density at radius 2 is 1.71 bits per heavy atom. The number of amides is 1. The van der Waals surface area contributed by atoms with Crippen molar-refractivity contribution in [2.45, 2.75) is 19.8 Å². The number of ether oxygens (including phenoxy) is 1. The topological polar surface area (TPSA) is 92.8 Å². The van der Waals surface area contributed by atoms with Crippen LogP contribution in [0.2, 0.25) is 0 Å². The quantitative estimate of drug-likeness (QED) is 0.794. The second kappa shape index (κ2) is 8.02. The van der Waals surface area contributed by atoms with Gasteiger partial charge in [0.25, 0.3) is 5.91 Å². The van der Waals surface area contributed by atoms with E-state index in [9.17, 15) is 18.0 Å². The summed E-state index contributed by atoms with van der Waals surface area (Å²) >= 11 is 0. The van der Waals surface area contributed by atoms with Crippen molar-refractivity contribution in [3.8, 4) is 0 Å². The highest BCUT2D eigenvalue weighted by molar-refractivity contribution is 7.92. The summed E-state index contributed by atoms with van der Waals surface area (Å²) in [4.78, 5) is 24.3. The number of carbonyl (C=O) groups excluding carboxylic acids is 2. The zero-order chi connectivity index (χ0) is 20.3. The van der Waals surface area contributed by atoms with Crippen molar-refractivity contribution in [1.29, 1.82) is 0 Å². The fourth-order valence-electron chi connectivity index (χ4n) is 3.05. The number of anilines is 2. The van der Waals surface area contributed by atoms with E-state index in [1.807, 2.05) is 6.92 Å². The van der Waals surface area contributed by atoms with Crippen LogP contribution in [0, 0.1) is 6.92 Å². The molecular weight excluding hydrogens is 380 g/mol. The van der Waals surface area contributed by atoms with Gasteiger partial charge in [0.15, 0.2) is 0 Å². The lowest BCUT2D eigenvalue weighted by atomic mass is 10.1. The number of methoxy groups -OCH3 is 1. The zero-order valence-corrected chi connectivity index (χ0v) is 16.6. The Bertz CT molecular complexity index is 1000. The summed E-state index contributed by atoms with van der Waals surface area (Å²) in [5.74, 6) is -0.689. The molecule has 148 valence electrons. The van der Waals surface area contributed by atoms with E-state index in [4.69, 9.17) is 4.74 Å². The molecule has 1 saturated heterocycles. The highest BCUT2D eigenvalue weighted by Gasteiger charge is 2.26. The fraction of sp³-hybridized carbons (Fsp3) is 0.300. The predicted molar refractivity (Wildman–Crippen MR) is 107 cm³/mol. The molecule has 7 nitrogen and oxygen atoms in total. The first kappa shape index (κ1) is 19.9. The summed E-state index contributed by atoms with van der Waals surface area (Å²) < 4.78 is 30.5. The van der Waals surface area contributed by atoms with Gasteiger partial charge < -0.3 is 10.1 Å². The molecule has 1 heterocycles. The van der Waals surface area contributed by atoms with Crippen LogP contribution < -0.4 is 9.62 Å². The van der Waals surface area contributed by atoms with E-state index in [1.54, 1.807) is 42.5 Å². The van der Waals surface area contributed by atoms with Gasteiger partial charge in [-0.25, -0.2) is 13.2 Å². The lowest BCUT2D eigenvalue weighted by Crippen LogP contribution is -2.37. The molecule has 0 unspecified atom stereocenters. The van der Waals surface area contributed by atoms with Gasteiger partial charge in [0, 0.05) is 17.8 Å². The van der Waals surface area contributed by atoms with Gasteiger partial charge >= 0.3 is 5.97 Å². The molecule has 1 N–H and O–H groups in total. The van der Waals surface area contributed by atoms with Gasteiger partial charge in [-0.2, -0.15) is 0 Å². The number of carbonyl (C=O) groups is 2. The van der Waals surface area contributed by atoms with E-state index in [2.05, 4.69) is 5.32 Å². The molecule has 2 aromatic carbocycles. The van der Waals surface area contributed by atoms with Crippen molar-refractivity contribution in [3.63, 3.8) is 0 Å². The Morgan fingerprint density at radius 1 is 1.04 bits per heavy atom. The minimum atomic E-state index is -3.29. The number of nitrogens with zero attached hydrogens (tertiary/aromatic N) is 1. The summed E-state index contributed by atoms with van der Waals surface area (Å²) in [7, 11) is -1.99. The summed E-state index contributed by atoms with van der Waals surface area (Å²) in [6.45, 7) is 2.27. The number of hydrogen-bond acceptors (Lipinski definition) is 5. The molecule has 1 fully saturated rings. The van der Waals surface area contributed by atoms with Gasteiger partial charge in [-0.1, -0.05) is 6.07 Å². The Kier molecular flexibility index (Phi) is 5.69. The molecule has 0 bridgehead atoms. The SMILES string of the molecule is COC(=O)c1ccc(C)c(NC(=O)c2ccc(N3CCCCS3(=O)=O)cc2)c1. The maximum absolute atomic E-state index is 12.6. The van der Waals surface area contributed by atoms with Gasteiger partial charge in [0.2, 0.25) is 10.0 Å². The highest BCUT2D eigenvalue weighted by atomic mass is 32.2. The molecule has 0 aromatic heterocycles. The molecule has 0 aliphatic carbocycles. The first-order chi connectivity index (χ1) is 13.3. The molecule has 28 heavy (non-hydrogen) atoms. The molecule has 0 radical (unpaired) electrons. The van der Waals surface area contributed by atoms with Crippen LogP contribution in [0.25, 0.3) is 0 Å². The Morgan fingerprint density at radius 3 is 2.36 bits per heavy atom. The number of benzene rings is 2. The largest absolute Gasteiger partial charge is 0.465 e. The number of hydrogen-bond donors (Lipinski definition) is 1. The van der Waals surface area contributed by atoms with E-state index in [1.165, 1.54) is 11.4 Å². The molecule has 8 heteroatoms. The number of esters is 1. The second-order valence-electron chi connectivity index (χ2n) is 6.62. The second-order valence-corrected chi connectivity index (χ2v) is 8.63. The van der Waals surface area contributed by atoms with E-state index in [0.717, 1.165) is 12.0 Å². The van der Waals surface area contributed by atoms with Crippen LogP contribution in [-0.4, -0.2) is 39.7 Å². The molecule has 1 amide bonds. The van der Waals surface area contributed by atoms with Crippen molar-refractivity contribution >= 4 is 33.3 Å². The van der Waals surface area contributed by atoms with Crippen molar-refractivity contribution in [2.75, 3.05) is 29.0 Å². The first-order valence-electron chi connectivity index (χ1n) is 8.92. The van der Waals surface area contributed by atoms with Gasteiger partial charge in [-0.3, -0.25) is 9.10 Å². The third-order valence-corrected chi connectivity index (χ3v) is 6.54. The zero-order valence-electron chi connectivity index (χ0n) is 15.8. The molecule has 1 aliphatic heterocycles. The van der Waals surface area contributed by atoms with Gasteiger partial charge in [0.05, 0.1) is 24.1 Å². The van der Waals surface area contributed by atoms with Gasteiger partial charge in [-0.15, -0.1) is 0 Å². The van der Waals surface area contributed by atoms with E-state index >= 15 is 0 Å². The van der Waals surface area contributed by atoms with Crippen LogP contribution in [0.1, 0.15) is 39.1 Å². The molecule has 0 spiro atoms. The minimum Gasteiger partial charge on any atom is -0.465 e. The molecular formula is C20H22N2O5S. The average molecular weight is 402 g/mol. The highest BCUT2D eigenvalue weighted by Crippen LogP contribution is 2.24. The molecule has 2 aromatic rings. The number of aryl methyl sites for hydroxylation is 1. The van der Waals surface area contributed by atoms with E-state index in [-0.39, 0.29) is 11.7 Å². The Hall–Kier alpha value is -2.87. The van der Waals surface area contributed by atoms with E-state index in [0.29, 0.717) is 35.5 Å². The third-order valence-electron chi connectivity index (χ3n) is 4.67. The maximum atomic E-state index is 12.6. The third kappa shape index (κ3) is 4.17. The summed E-state index contributed by atoms with van der Waals surface area (Å²) in [5.41, 5.74) is 2.60. The van der Waals surface area contributed by atoms with Crippen molar-refractivity contribution in [1.82, 2.24) is 0 Å². The van der Waals surface area contributed by atoms with Crippen LogP contribution in [0.15, 0.2) is 42.5 Å². The van der Waals surface area contributed by atoms with Crippen LogP contribution in [0.5, 0.6) is 0 Å². The predicted octanol–water partition coefficient (Wildman–Crippen LogP) is 2.96.